The molecule has 116 valence electrons. The lowest BCUT2D eigenvalue weighted by Gasteiger charge is -2.21. The topological polar surface area (TPSA) is 60.8 Å². The molecule has 0 atom stereocenters. The summed E-state index contributed by atoms with van der Waals surface area (Å²) in [6.45, 7) is 4.07. The first-order chi connectivity index (χ1) is 10.0. The van der Waals surface area contributed by atoms with Gasteiger partial charge in [0.15, 0.2) is 0 Å². The van der Waals surface area contributed by atoms with E-state index in [1.165, 1.54) is 18.2 Å². The van der Waals surface area contributed by atoms with Crippen LogP contribution in [0.4, 0.5) is 4.39 Å². The van der Waals surface area contributed by atoms with Crippen molar-refractivity contribution in [3.63, 3.8) is 0 Å². The molecule has 0 aliphatic heterocycles. The third-order valence-corrected chi connectivity index (χ3v) is 3.05. The Bertz CT molecular complexity index is 488. The van der Waals surface area contributed by atoms with Gasteiger partial charge in [-0.15, -0.1) is 0 Å². The number of carboxylic acid groups (broad SMARTS) is 1. The van der Waals surface area contributed by atoms with Crippen molar-refractivity contribution in [2.75, 3.05) is 19.7 Å². The van der Waals surface area contributed by atoms with Crippen LogP contribution >= 0.6 is 0 Å². The molecule has 0 heterocycles. The summed E-state index contributed by atoms with van der Waals surface area (Å²) in [4.78, 5) is 12.6. The van der Waals surface area contributed by atoms with Crippen LogP contribution in [0.5, 0.6) is 0 Å². The average molecular weight is 295 g/mol. The SMILES string of the molecule is CCCCN(CCO)Cc1cc(F)cc(C=CC(=O)O)c1. The highest BCUT2D eigenvalue weighted by molar-refractivity contribution is 5.85. The molecule has 0 amide bonds. The highest BCUT2D eigenvalue weighted by atomic mass is 19.1. The predicted molar refractivity (Wildman–Crippen MR) is 80.3 cm³/mol. The van der Waals surface area contributed by atoms with Gasteiger partial charge in [0.1, 0.15) is 5.82 Å². The van der Waals surface area contributed by atoms with E-state index in [2.05, 4.69) is 11.8 Å². The van der Waals surface area contributed by atoms with Crippen LogP contribution in [0.25, 0.3) is 6.08 Å². The number of rotatable bonds is 9. The average Bonchev–Trinajstić information content (AvgIpc) is 2.42. The third-order valence-electron chi connectivity index (χ3n) is 3.05. The summed E-state index contributed by atoms with van der Waals surface area (Å²) in [5.74, 6) is -1.46. The summed E-state index contributed by atoms with van der Waals surface area (Å²) < 4.78 is 13.6. The minimum absolute atomic E-state index is 0.0603. The Hall–Kier alpha value is -1.72. The van der Waals surface area contributed by atoms with E-state index in [1.807, 2.05) is 0 Å². The van der Waals surface area contributed by atoms with Crippen molar-refractivity contribution in [2.24, 2.45) is 0 Å². The number of aliphatic hydroxyl groups excluding tert-OH is 1. The zero-order valence-electron chi connectivity index (χ0n) is 12.3. The van der Waals surface area contributed by atoms with Gasteiger partial charge in [-0.25, -0.2) is 9.18 Å². The molecule has 21 heavy (non-hydrogen) atoms. The van der Waals surface area contributed by atoms with E-state index in [-0.39, 0.29) is 6.61 Å². The van der Waals surface area contributed by atoms with Crippen LogP contribution in [0.1, 0.15) is 30.9 Å². The minimum atomic E-state index is -1.06. The summed E-state index contributed by atoms with van der Waals surface area (Å²) in [7, 11) is 0. The van der Waals surface area contributed by atoms with Gasteiger partial charge in [0.25, 0.3) is 0 Å². The zero-order chi connectivity index (χ0) is 15.7. The molecule has 1 aromatic carbocycles. The molecule has 0 saturated carbocycles. The number of hydrogen-bond acceptors (Lipinski definition) is 3. The van der Waals surface area contributed by atoms with E-state index < -0.39 is 11.8 Å². The molecule has 0 aliphatic rings. The normalized spacial score (nSPS) is 11.4. The summed E-state index contributed by atoms with van der Waals surface area (Å²) in [6, 6.07) is 4.50. The molecule has 2 N–H and O–H groups in total. The number of carboxylic acids is 1. The van der Waals surface area contributed by atoms with Crippen LogP contribution in [-0.4, -0.2) is 40.8 Å². The largest absolute Gasteiger partial charge is 0.478 e. The van der Waals surface area contributed by atoms with Gasteiger partial charge < -0.3 is 10.2 Å². The van der Waals surface area contributed by atoms with E-state index in [0.29, 0.717) is 18.7 Å². The maximum Gasteiger partial charge on any atom is 0.328 e. The number of aliphatic hydroxyl groups is 1. The van der Waals surface area contributed by atoms with Crippen LogP contribution in [0, 0.1) is 5.82 Å². The van der Waals surface area contributed by atoms with Gasteiger partial charge in [0, 0.05) is 19.2 Å². The Morgan fingerprint density at radius 2 is 2.10 bits per heavy atom. The maximum atomic E-state index is 13.6. The molecule has 0 bridgehead atoms. The van der Waals surface area contributed by atoms with Crippen molar-refractivity contribution >= 4 is 12.0 Å². The number of nitrogens with zero attached hydrogens (tertiary/aromatic N) is 1. The number of unbranched alkanes of at least 4 members (excludes halogenated alkanes) is 1. The number of benzene rings is 1. The second-order valence-electron chi connectivity index (χ2n) is 4.92. The van der Waals surface area contributed by atoms with E-state index in [4.69, 9.17) is 10.2 Å². The van der Waals surface area contributed by atoms with Gasteiger partial charge in [-0.05, 0) is 42.3 Å². The number of carbonyl (C=O) groups is 1. The third kappa shape index (κ3) is 7.02. The first-order valence-electron chi connectivity index (χ1n) is 7.09. The maximum absolute atomic E-state index is 13.6. The van der Waals surface area contributed by atoms with Gasteiger partial charge in [-0.1, -0.05) is 19.4 Å². The minimum Gasteiger partial charge on any atom is -0.478 e. The Morgan fingerprint density at radius 1 is 1.33 bits per heavy atom. The van der Waals surface area contributed by atoms with E-state index in [9.17, 15) is 9.18 Å². The molecule has 1 aromatic rings. The zero-order valence-corrected chi connectivity index (χ0v) is 12.3. The second kappa shape index (κ2) is 9.26. The lowest BCUT2D eigenvalue weighted by Crippen LogP contribution is -2.27. The van der Waals surface area contributed by atoms with Crippen molar-refractivity contribution in [1.29, 1.82) is 0 Å². The molecule has 0 saturated heterocycles. The predicted octanol–water partition coefficient (Wildman–Crippen LogP) is 2.52. The van der Waals surface area contributed by atoms with Crippen molar-refractivity contribution < 1.29 is 19.4 Å². The molecule has 0 radical (unpaired) electrons. The highest BCUT2D eigenvalue weighted by Crippen LogP contribution is 2.13. The van der Waals surface area contributed by atoms with Crippen LogP contribution in [0.3, 0.4) is 0 Å². The number of halogens is 1. The molecule has 0 aliphatic carbocycles. The highest BCUT2D eigenvalue weighted by Gasteiger charge is 2.07. The first kappa shape index (κ1) is 17.3. The van der Waals surface area contributed by atoms with Gasteiger partial charge in [-0.2, -0.15) is 0 Å². The Morgan fingerprint density at radius 3 is 2.71 bits per heavy atom. The second-order valence-corrected chi connectivity index (χ2v) is 4.92. The molecule has 0 fully saturated rings. The van der Waals surface area contributed by atoms with E-state index in [1.54, 1.807) is 6.07 Å². The standard InChI is InChI=1S/C16H22FNO3/c1-2-3-6-18(7-8-19)12-14-9-13(4-5-16(20)21)10-15(17)11-14/h4-5,9-11,19H,2-3,6-8,12H2,1H3,(H,20,21). The van der Waals surface area contributed by atoms with E-state index >= 15 is 0 Å². The number of aliphatic carboxylic acids is 1. The van der Waals surface area contributed by atoms with Crippen LogP contribution < -0.4 is 0 Å². The monoisotopic (exact) mass is 295 g/mol. The van der Waals surface area contributed by atoms with Gasteiger partial charge in [-0.3, -0.25) is 4.90 Å². The smallest absolute Gasteiger partial charge is 0.328 e. The molecule has 0 aromatic heterocycles. The van der Waals surface area contributed by atoms with Gasteiger partial charge in [0.05, 0.1) is 6.61 Å². The van der Waals surface area contributed by atoms with Crippen molar-refractivity contribution in [1.82, 2.24) is 4.90 Å². The molecule has 4 nitrogen and oxygen atoms in total. The quantitative estimate of drug-likeness (QED) is 0.687. The fraction of sp³-hybridized carbons (Fsp3) is 0.438. The van der Waals surface area contributed by atoms with Crippen LogP contribution in [0.15, 0.2) is 24.3 Å². The van der Waals surface area contributed by atoms with Crippen molar-refractivity contribution in [3.8, 4) is 0 Å². The summed E-state index contributed by atoms with van der Waals surface area (Å²) in [5.41, 5.74) is 1.29. The Kier molecular flexibility index (Phi) is 7.64. The van der Waals surface area contributed by atoms with Gasteiger partial charge >= 0.3 is 5.97 Å². The molecule has 0 spiro atoms. The molecule has 0 unspecified atom stereocenters. The first-order valence-corrected chi connectivity index (χ1v) is 7.09. The fourth-order valence-electron chi connectivity index (χ4n) is 2.08. The van der Waals surface area contributed by atoms with Crippen molar-refractivity contribution in [3.05, 3.63) is 41.2 Å². The lowest BCUT2D eigenvalue weighted by molar-refractivity contribution is -0.131. The number of hydrogen-bond donors (Lipinski definition) is 2. The summed E-state index contributed by atoms with van der Waals surface area (Å²) in [5, 5.41) is 17.7. The molecular weight excluding hydrogens is 273 g/mol. The summed E-state index contributed by atoms with van der Waals surface area (Å²) in [6.07, 6.45) is 4.43. The fourth-order valence-corrected chi connectivity index (χ4v) is 2.08. The Balaban J connectivity index is 2.82. The van der Waals surface area contributed by atoms with Crippen LogP contribution in [0.2, 0.25) is 0 Å². The Labute approximate surface area is 124 Å². The van der Waals surface area contributed by atoms with E-state index in [0.717, 1.165) is 31.0 Å². The molecule has 5 heteroatoms. The summed E-state index contributed by atoms with van der Waals surface area (Å²) >= 11 is 0. The van der Waals surface area contributed by atoms with Gasteiger partial charge in [0.2, 0.25) is 0 Å². The lowest BCUT2D eigenvalue weighted by atomic mass is 10.1. The molecule has 1 rings (SSSR count). The molecular formula is C16H22FNO3. The van der Waals surface area contributed by atoms with Crippen molar-refractivity contribution in [2.45, 2.75) is 26.3 Å². The van der Waals surface area contributed by atoms with Crippen LogP contribution in [-0.2, 0) is 11.3 Å².